The summed E-state index contributed by atoms with van der Waals surface area (Å²) in [6.45, 7) is 2.85. The Labute approximate surface area is 125 Å². The number of benzene rings is 2. The van der Waals surface area contributed by atoms with Crippen LogP contribution in [0.4, 0.5) is 0 Å². The fourth-order valence-corrected chi connectivity index (χ4v) is 3.26. The molecule has 0 bridgehead atoms. The van der Waals surface area contributed by atoms with E-state index in [1.165, 1.54) is 11.1 Å². The standard InChI is InChI=1S/C17H19ClN2/c18-16-9-5-4-8-14(16)15-11-20(12-17(15)19)10-13-6-2-1-3-7-13/h1-9,15,17H,10-12,19H2. The van der Waals surface area contributed by atoms with Gasteiger partial charge in [-0.2, -0.15) is 0 Å². The summed E-state index contributed by atoms with van der Waals surface area (Å²) in [5.74, 6) is 0.326. The highest BCUT2D eigenvalue weighted by atomic mass is 35.5. The largest absolute Gasteiger partial charge is 0.326 e. The van der Waals surface area contributed by atoms with Crippen molar-refractivity contribution >= 4 is 11.6 Å². The lowest BCUT2D eigenvalue weighted by Gasteiger charge is -2.17. The summed E-state index contributed by atoms with van der Waals surface area (Å²) in [4.78, 5) is 2.41. The zero-order valence-corrected chi connectivity index (χ0v) is 12.1. The van der Waals surface area contributed by atoms with Crippen LogP contribution in [0.1, 0.15) is 17.0 Å². The molecule has 3 heteroatoms. The Balaban J connectivity index is 1.73. The van der Waals surface area contributed by atoms with Crippen molar-refractivity contribution in [2.45, 2.75) is 18.5 Å². The van der Waals surface area contributed by atoms with Crippen LogP contribution >= 0.6 is 11.6 Å². The molecule has 0 aromatic heterocycles. The topological polar surface area (TPSA) is 29.3 Å². The van der Waals surface area contributed by atoms with Crippen LogP contribution in [-0.4, -0.2) is 24.0 Å². The highest BCUT2D eigenvalue weighted by Gasteiger charge is 2.32. The molecule has 3 rings (SSSR count). The van der Waals surface area contributed by atoms with E-state index in [1.54, 1.807) is 0 Å². The lowest BCUT2D eigenvalue weighted by molar-refractivity contribution is 0.324. The van der Waals surface area contributed by atoms with E-state index < -0.39 is 0 Å². The van der Waals surface area contributed by atoms with Crippen LogP contribution in [0.5, 0.6) is 0 Å². The van der Waals surface area contributed by atoms with Crippen molar-refractivity contribution in [2.75, 3.05) is 13.1 Å². The Hall–Kier alpha value is -1.35. The van der Waals surface area contributed by atoms with Gasteiger partial charge in [-0.1, -0.05) is 60.1 Å². The minimum absolute atomic E-state index is 0.151. The van der Waals surface area contributed by atoms with Crippen LogP contribution in [0.2, 0.25) is 5.02 Å². The van der Waals surface area contributed by atoms with Gasteiger partial charge in [-0.15, -0.1) is 0 Å². The lowest BCUT2D eigenvalue weighted by Crippen LogP contribution is -2.28. The van der Waals surface area contributed by atoms with Crippen molar-refractivity contribution in [2.24, 2.45) is 5.73 Å². The van der Waals surface area contributed by atoms with Crippen molar-refractivity contribution in [1.82, 2.24) is 4.90 Å². The summed E-state index contributed by atoms with van der Waals surface area (Å²) in [6, 6.07) is 18.7. The average Bonchev–Trinajstić information content (AvgIpc) is 2.81. The van der Waals surface area contributed by atoms with Crippen molar-refractivity contribution in [1.29, 1.82) is 0 Å². The summed E-state index contributed by atoms with van der Waals surface area (Å²) >= 11 is 6.30. The van der Waals surface area contributed by atoms with Gasteiger partial charge in [-0.25, -0.2) is 0 Å². The molecule has 0 saturated carbocycles. The van der Waals surface area contributed by atoms with Crippen LogP contribution in [0.25, 0.3) is 0 Å². The fourth-order valence-electron chi connectivity index (χ4n) is 2.99. The quantitative estimate of drug-likeness (QED) is 0.938. The molecule has 1 fully saturated rings. The van der Waals surface area contributed by atoms with E-state index in [-0.39, 0.29) is 6.04 Å². The van der Waals surface area contributed by atoms with Crippen LogP contribution in [0, 0.1) is 0 Å². The fraction of sp³-hybridized carbons (Fsp3) is 0.294. The molecule has 2 nitrogen and oxygen atoms in total. The van der Waals surface area contributed by atoms with E-state index in [0.717, 1.165) is 24.7 Å². The van der Waals surface area contributed by atoms with Crippen LogP contribution in [0.3, 0.4) is 0 Å². The first-order chi connectivity index (χ1) is 9.74. The maximum atomic E-state index is 6.32. The smallest absolute Gasteiger partial charge is 0.0441 e. The molecule has 1 heterocycles. The molecule has 1 aliphatic heterocycles. The van der Waals surface area contributed by atoms with E-state index in [1.807, 2.05) is 24.3 Å². The Bertz CT molecular complexity index is 570. The predicted molar refractivity (Wildman–Crippen MR) is 83.9 cm³/mol. The Morgan fingerprint density at radius 3 is 2.45 bits per heavy atom. The second kappa shape index (κ2) is 5.96. The van der Waals surface area contributed by atoms with Gasteiger partial charge in [-0.3, -0.25) is 4.90 Å². The number of hydrogen-bond donors (Lipinski definition) is 1. The molecule has 0 spiro atoms. The SMILES string of the molecule is NC1CN(Cc2ccccc2)CC1c1ccccc1Cl. The van der Waals surface area contributed by atoms with E-state index in [2.05, 4.69) is 35.2 Å². The Morgan fingerprint density at radius 1 is 1.00 bits per heavy atom. The summed E-state index contributed by atoms with van der Waals surface area (Å²) in [5, 5.41) is 0.828. The normalized spacial score (nSPS) is 23.1. The first kappa shape index (κ1) is 13.6. The maximum Gasteiger partial charge on any atom is 0.0441 e. The van der Waals surface area contributed by atoms with Gasteiger partial charge in [0.05, 0.1) is 0 Å². The van der Waals surface area contributed by atoms with Gasteiger partial charge < -0.3 is 5.73 Å². The number of halogens is 1. The van der Waals surface area contributed by atoms with Crippen molar-refractivity contribution < 1.29 is 0 Å². The first-order valence-electron chi connectivity index (χ1n) is 7.00. The zero-order chi connectivity index (χ0) is 13.9. The van der Waals surface area contributed by atoms with E-state index in [4.69, 9.17) is 17.3 Å². The third-order valence-electron chi connectivity index (χ3n) is 3.99. The summed E-state index contributed by atoms with van der Waals surface area (Å²) in [5.41, 5.74) is 8.83. The molecule has 0 amide bonds. The van der Waals surface area contributed by atoms with Gasteiger partial charge in [0.2, 0.25) is 0 Å². The second-order valence-electron chi connectivity index (χ2n) is 5.47. The van der Waals surface area contributed by atoms with Crippen LogP contribution < -0.4 is 5.73 Å². The number of nitrogens with two attached hydrogens (primary N) is 1. The predicted octanol–water partition coefficient (Wildman–Crippen LogP) is 3.27. The van der Waals surface area contributed by atoms with Gasteiger partial charge in [0, 0.05) is 36.6 Å². The summed E-state index contributed by atoms with van der Waals surface area (Å²) < 4.78 is 0. The van der Waals surface area contributed by atoms with Crippen molar-refractivity contribution in [3.8, 4) is 0 Å². The molecule has 1 aliphatic rings. The minimum atomic E-state index is 0.151. The monoisotopic (exact) mass is 286 g/mol. The van der Waals surface area contributed by atoms with E-state index >= 15 is 0 Å². The molecule has 1 saturated heterocycles. The number of hydrogen-bond acceptors (Lipinski definition) is 2. The lowest BCUT2D eigenvalue weighted by atomic mass is 9.95. The molecule has 2 unspecified atom stereocenters. The third-order valence-corrected chi connectivity index (χ3v) is 4.34. The minimum Gasteiger partial charge on any atom is -0.326 e. The van der Waals surface area contributed by atoms with Crippen LogP contribution in [0.15, 0.2) is 54.6 Å². The zero-order valence-electron chi connectivity index (χ0n) is 11.4. The number of likely N-dealkylation sites (tertiary alicyclic amines) is 1. The second-order valence-corrected chi connectivity index (χ2v) is 5.88. The molecule has 20 heavy (non-hydrogen) atoms. The highest BCUT2D eigenvalue weighted by molar-refractivity contribution is 6.31. The van der Waals surface area contributed by atoms with Gasteiger partial charge in [-0.05, 0) is 17.2 Å². The van der Waals surface area contributed by atoms with Crippen LogP contribution in [-0.2, 0) is 6.54 Å². The van der Waals surface area contributed by atoms with Gasteiger partial charge in [0.1, 0.15) is 0 Å². The van der Waals surface area contributed by atoms with E-state index in [0.29, 0.717) is 5.92 Å². The number of rotatable bonds is 3. The summed E-state index contributed by atoms with van der Waals surface area (Å²) in [7, 11) is 0. The molecular formula is C17H19ClN2. The molecule has 0 radical (unpaired) electrons. The molecular weight excluding hydrogens is 268 g/mol. The molecule has 2 aromatic rings. The van der Waals surface area contributed by atoms with E-state index in [9.17, 15) is 0 Å². The molecule has 0 aliphatic carbocycles. The van der Waals surface area contributed by atoms with Gasteiger partial charge in [0.15, 0.2) is 0 Å². The first-order valence-corrected chi connectivity index (χ1v) is 7.38. The molecule has 2 atom stereocenters. The highest BCUT2D eigenvalue weighted by Crippen LogP contribution is 2.31. The average molecular weight is 287 g/mol. The van der Waals surface area contributed by atoms with Gasteiger partial charge >= 0.3 is 0 Å². The Kier molecular flexibility index (Phi) is 4.06. The number of nitrogens with zero attached hydrogens (tertiary/aromatic N) is 1. The summed E-state index contributed by atoms with van der Waals surface area (Å²) in [6.07, 6.45) is 0. The molecule has 2 N–H and O–H groups in total. The maximum absolute atomic E-state index is 6.32. The van der Waals surface area contributed by atoms with Gasteiger partial charge in [0.25, 0.3) is 0 Å². The van der Waals surface area contributed by atoms with Crippen molar-refractivity contribution in [3.63, 3.8) is 0 Å². The third kappa shape index (κ3) is 2.88. The van der Waals surface area contributed by atoms with Crippen molar-refractivity contribution in [3.05, 3.63) is 70.7 Å². The Morgan fingerprint density at radius 2 is 1.70 bits per heavy atom. The molecule has 104 valence electrons. The molecule has 2 aromatic carbocycles.